The Morgan fingerprint density at radius 1 is 0.971 bits per heavy atom. The van der Waals surface area contributed by atoms with Crippen LogP contribution in [0.5, 0.6) is 0 Å². The second-order valence-corrected chi connectivity index (χ2v) is 10.1. The molecule has 4 aromatic rings. The Bertz CT molecular complexity index is 1400. The van der Waals surface area contributed by atoms with E-state index in [4.69, 9.17) is 0 Å². The van der Waals surface area contributed by atoms with E-state index in [1.165, 1.54) is 4.31 Å². The minimum atomic E-state index is -3.85. The third-order valence-corrected chi connectivity index (χ3v) is 7.42. The number of hydrogen-bond donors (Lipinski definition) is 1. The molecular weight excluding hydrogens is 450 g/mol. The second-order valence-electron chi connectivity index (χ2n) is 8.25. The number of carbonyl (C=O) groups is 1. The van der Waals surface area contributed by atoms with E-state index in [1.807, 2.05) is 61.7 Å². The summed E-state index contributed by atoms with van der Waals surface area (Å²) >= 11 is 0. The number of anilines is 1. The van der Waals surface area contributed by atoms with Gasteiger partial charge in [-0.15, -0.1) is 10.2 Å². The average molecular weight is 478 g/mol. The first-order chi connectivity index (χ1) is 16.3. The molecular formula is C25H27N5O3S. The van der Waals surface area contributed by atoms with Crippen LogP contribution < -0.4 is 9.62 Å². The molecule has 34 heavy (non-hydrogen) atoms. The fraction of sp³-hybridized carbons (Fsp3) is 0.240. The van der Waals surface area contributed by atoms with Crippen molar-refractivity contribution in [2.45, 2.75) is 38.1 Å². The Morgan fingerprint density at radius 2 is 1.62 bits per heavy atom. The lowest BCUT2D eigenvalue weighted by molar-refractivity contribution is -0.121. The van der Waals surface area contributed by atoms with Gasteiger partial charge in [0.25, 0.3) is 10.0 Å². The fourth-order valence-electron chi connectivity index (χ4n) is 3.67. The molecule has 2 aromatic heterocycles. The summed E-state index contributed by atoms with van der Waals surface area (Å²) in [5.74, 6) is 0.322. The van der Waals surface area contributed by atoms with E-state index >= 15 is 0 Å². The van der Waals surface area contributed by atoms with E-state index in [0.29, 0.717) is 17.2 Å². The van der Waals surface area contributed by atoms with Crippen LogP contribution in [0.15, 0.2) is 77.8 Å². The SMILES string of the molecule is Cc1ccc(N(CCC(=O)NC(C)c2nnc3ccccn23)S(=O)(=O)c2ccc(C)cc2)cc1. The Hall–Kier alpha value is -3.72. The van der Waals surface area contributed by atoms with Gasteiger partial charge in [-0.3, -0.25) is 13.5 Å². The van der Waals surface area contributed by atoms with Crippen LogP contribution in [0.3, 0.4) is 0 Å². The largest absolute Gasteiger partial charge is 0.346 e. The zero-order valence-electron chi connectivity index (χ0n) is 19.3. The number of aryl methyl sites for hydroxylation is 2. The van der Waals surface area contributed by atoms with Crippen molar-refractivity contribution in [2.75, 3.05) is 10.8 Å². The third kappa shape index (κ3) is 4.94. The lowest BCUT2D eigenvalue weighted by Gasteiger charge is -2.25. The number of hydrogen-bond acceptors (Lipinski definition) is 5. The number of aromatic nitrogens is 3. The second kappa shape index (κ2) is 9.64. The van der Waals surface area contributed by atoms with Gasteiger partial charge in [0.1, 0.15) is 0 Å². The fourth-order valence-corrected chi connectivity index (χ4v) is 5.14. The summed E-state index contributed by atoms with van der Waals surface area (Å²) in [5, 5.41) is 11.2. The van der Waals surface area contributed by atoms with Gasteiger partial charge < -0.3 is 5.32 Å². The molecule has 0 saturated carbocycles. The molecule has 2 heterocycles. The predicted molar refractivity (Wildman–Crippen MR) is 131 cm³/mol. The van der Waals surface area contributed by atoms with E-state index in [2.05, 4.69) is 15.5 Å². The average Bonchev–Trinajstić information content (AvgIpc) is 3.25. The van der Waals surface area contributed by atoms with Gasteiger partial charge in [0.05, 0.1) is 16.6 Å². The maximum absolute atomic E-state index is 13.5. The van der Waals surface area contributed by atoms with Crippen LogP contribution in [0, 0.1) is 13.8 Å². The van der Waals surface area contributed by atoms with Crippen LogP contribution in [-0.2, 0) is 14.8 Å². The molecule has 0 fully saturated rings. The summed E-state index contributed by atoms with van der Waals surface area (Å²) in [7, 11) is -3.85. The summed E-state index contributed by atoms with van der Waals surface area (Å²) in [5.41, 5.74) is 3.18. The first-order valence-corrected chi connectivity index (χ1v) is 12.4. The number of sulfonamides is 1. The van der Waals surface area contributed by atoms with Crippen molar-refractivity contribution < 1.29 is 13.2 Å². The highest BCUT2D eigenvalue weighted by Gasteiger charge is 2.26. The number of nitrogens with zero attached hydrogens (tertiary/aromatic N) is 4. The molecule has 0 aliphatic heterocycles. The first-order valence-electron chi connectivity index (χ1n) is 11.0. The molecule has 1 N–H and O–H groups in total. The van der Waals surface area contributed by atoms with E-state index in [9.17, 15) is 13.2 Å². The number of pyridine rings is 1. The molecule has 0 aliphatic rings. The lowest BCUT2D eigenvalue weighted by atomic mass is 10.2. The summed E-state index contributed by atoms with van der Waals surface area (Å²) in [6.07, 6.45) is 1.82. The molecule has 4 rings (SSSR count). The van der Waals surface area contributed by atoms with Crippen LogP contribution in [0.2, 0.25) is 0 Å². The van der Waals surface area contributed by atoms with Crippen molar-refractivity contribution in [1.29, 1.82) is 0 Å². The molecule has 2 aromatic carbocycles. The molecule has 0 radical (unpaired) electrons. The van der Waals surface area contributed by atoms with Gasteiger partial charge in [0.15, 0.2) is 11.5 Å². The van der Waals surface area contributed by atoms with Gasteiger partial charge in [-0.05, 0) is 57.2 Å². The van der Waals surface area contributed by atoms with E-state index in [0.717, 1.165) is 11.1 Å². The lowest BCUT2D eigenvalue weighted by Crippen LogP contribution is -2.36. The van der Waals surface area contributed by atoms with E-state index in [1.54, 1.807) is 36.4 Å². The van der Waals surface area contributed by atoms with E-state index in [-0.39, 0.29) is 23.8 Å². The Morgan fingerprint density at radius 3 is 2.29 bits per heavy atom. The smallest absolute Gasteiger partial charge is 0.264 e. The summed E-state index contributed by atoms with van der Waals surface area (Å²) in [6, 6.07) is 19.1. The Labute approximate surface area is 199 Å². The number of carbonyl (C=O) groups excluding carboxylic acids is 1. The molecule has 1 unspecified atom stereocenters. The van der Waals surface area contributed by atoms with Crippen molar-refractivity contribution in [3.8, 4) is 0 Å². The molecule has 0 bridgehead atoms. The van der Waals surface area contributed by atoms with Gasteiger partial charge in [-0.25, -0.2) is 8.42 Å². The molecule has 9 heteroatoms. The number of fused-ring (bicyclic) bond motifs is 1. The summed E-state index contributed by atoms with van der Waals surface area (Å²) in [6.45, 7) is 5.66. The van der Waals surface area contributed by atoms with Crippen LogP contribution in [-0.4, -0.2) is 35.5 Å². The maximum atomic E-state index is 13.5. The quantitative estimate of drug-likeness (QED) is 0.416. The molecule has 1 amide bonds. The molecule has 8 nitrogen and oxygen atoms in total. The maximum Gasteiger partial charge on any atom is 0.264 e. The highest BCUT2D eigenvalue weighted by atomic mass is 32.2. The predicted octanol–water partition coefficient (Wildman–Crippen LogP) is 3.81. The van der Waals surface area contributed by atoms with Crippen LogP contribution >= 0.6 is 0 Å². The number of nitrogens with one attached hydrogen (secondary N) is 1. The van der Waals surface area contributed by atoms with Crippen molar-refractivity contribution in [1.82, 2.24) is 19.9 Å². The standard InChI is InChI=1S/C25H27N5O3S/c1-18-7-11-21(12-8-18)30(34(32,33)22-13-9-19(2)10-14-22)17-15-24(31)26-20(3)25-28-27-23-6-4-5-16-29(23)25/h4-14,16,20H,15,17H2,1-3H3,(H,26,31). The van der Waals surface area contributed by atoms with Crippen LogP contribution in [0.25, 0.3) is 5.65 Å². The zero-order chi connectivity index (χ0) is 24.3. The number of benzene rings is 2. The molecule has 1 atom stereocenters. The zero-order valence-corrected chi connectivity index (χ0v) is 20.2. The minimum Gasteiger partial charge on any atom is -0.346 e. The normalized spacial score (nSPS) is 12.4. The number of amides is 1. The van der Waals surface area contributed by atoms with Crippen molar-refractivity contribution in [3.05, 3.63) is 89.9 Å². The van der Waals surface area contributed by atoms with Crippen LogP contribution in [0.4, 0.5) is 5.69 Å². The van der Waals surface area contributed by atoms with Crippen molar-refractivity contribution >= 4 is 27.3 Å². The third-order valence-electron chi connectivity index (χ3n) is 5.58. The van der Waals surface area contributed by atoms with Crippen molar-refractivity contribution in [2.24, 2.45) is 0 Å². The highest BCUT2D eigenvalue weighted by Crippen LogP contribution is 2.25. The monoisotopic (exact) mass is 477 g/mol. The van der Waals surface area contributed by atoms with E-state index < -0.39 is 16.1 Å². The highest BCUT2D eigenvalue weighted by molar-refractivity contribution is 7.92. The summed E-state index contributed by atoms with van der Waals surface area (Å²) in [4.78, 5) is 13.0. The molecule has 0 aliphatic carbocycles. The van der Waals surface area contributed by atoms with Gasteiger partial charge in [0.2, 0.25) is 5.91 Å². The topological polar surface area (TPSA) is 96.7 Å². The Balaban J connectivity index is 1.52. The summed E-state index contributed by atoms with van der Waals surface area (Å²) < 4.78 is 30.0. The minimum absolute atomic E-state index is 0.00158. The van der Waals surface area contributed by atoms with Crippen LogP contribution in [0.1, 0.15) is 36.3 Å². The van der Waals surface area contributed by atoms with Gasteiger partial charge in [-0.2, -0.15) is 0 Å². The first kappa shape index (κ1) is 23.4. The van der Waals surface area contributed by atoms with Gasteiger partial charge in [0, 0.05) is 19.2 Å². The number of rotatable bonds is 8. The molecule has 0 saturated heterocycles. The Kier molecular flexibility index (Phi) is 6.65. The molecule has 176 valence electrons. The molecule has 0 spiro atoms. The van der Waals surface area contributed by atoms with Crippen molar-refractivity contribution in [3.63, 3.8) is 0 Å². The van der Waals surface area contributed by atoms with Gasteiger partial charge >= 0.3 is 0 Å². The van der Waals surface area contributed by atoms with Gasteiger partial charge in [-0.1, -0.05) is 41.5 Å².